The molecule has 0 unspecified atom stereocenters. The summed E-state index contributed by atoms with van der Waals surface area (Å²) < 4.78 is 42.8. The highest BCUT2D eigenvalue weighted by Crippen LogP contribution is 2.27. The Morgan fingerprint density at radius 2 is 1.17 bits per heavy atom. The lowest BCUT2D eigenvalue weighted by Crippen LogP contribution is -2.07. The zero-order valence-corrected chi connectivity index (χ0v) is 22.3. The summed E-state index contributed by atoms with van der Waals surface area (Å²) in [5.74, 6) is -6.23. The number of esters is 1. The van der Waals surface area contributed by atoms with Crippen molar-refractivity contribution in [3.05, 3.63) is 112 Å². The van der Waals surface area contributed by atoms with Gasteiger partial charge in [-0.15, -0.1) is 0 Å². The van der Waals surface area contributed by atoms with Crippen molar-refractivity contribution in [2.45, 2.75) is 6.92 Å². The summed E-state index contributed by atoms with van der Waals surface area (Å²) in [7, 11) is 0. The molecule has 0 saturated heterocycles. The van der Waals surface area contributed by atoms with Gasteiger partial charge in [-0.3, -0.25) is 20.2 Å². The van der Waals surface area contributed by atoms with Gasteiger partial charge in [-0.05, 0) is 25.1 Å². The lowest BCUT2D eigenvalue weighted by molar-refractivity contribution is -0.387. The van der Waals surface area contributed by atoms with Crippen molar-refractivity contribution in [1.82, 2.24) is 0 Å². The number of rotatable bonds is 6. The molecule has 0 aliphatic rings. The van der Waals surface area contributed by atoms with Crippen LogP contribution in [0, 0.1) is 37.7 Å². The molecule has 3 aromatic rings. The summed E-state index contributed by atoms with van der Waals surface area (Å²) in [4.78, 5) is 50.8. The van der Waals surface area contributed by atoms with Gasteiger partial charge in [0.05, 0.1) is 48.2 Å². The maximum absolute atomic E-state index is 13.1. The van der Waals surface area contributed by atoms with E-state index in [9.17, 15) is 47.8 Å². The number of nitrogens with zero attached hydrogens (tertiary/aromatic N) is 2. The zero-order valence-electron chi connectivity index (χ0n) is 20.1. The van der Waals surface area contributed by atoms with Gasteiger partial charge in [-0.1, -0.05) is 34.8 Å². The predicted octanol–water partition coefficient (Wildman–Crippen LogP) is 6.83. The van der Waals surface area contributed by atoms with Gasteiger partial charge in [-0.25, -0.2) is 18.8 Å². The van der Waals surface area contributed by atoms with Crippen LogP contribution in [-0.4, -0.2) is 44.6 Å². The molecule has 0 bridgehead atoms. The number of carbonyl (C=O) groups excluding carboxylic acids is 1. The van der Waals surface area contributed by atoms with Gasteiger partial charge >= 0.3 is 29.3 Å². The van der Waals surface area contributed by atoms with Crippen molar-refractivity contribution >= 4 is 64.1 Å². The second-order valence-corrected chi connectivity index (χ2v) is 8.26. The quantitative estimate of drug-likeness (QED) is 0.164. The van der Waals surface area contributed by atoms with Crippen molar-refractivity contribution in [3.63, 3.8) is 0 Å². The Morgan fingerprint density at radius 3 is 1.56 bits per heavy atom. The van der Waals surface area contributed by atoms with Crippen LogP contribution in [0.2, 0.25) is 15.1 Å². The molecule has 0 aliphatic heterocycles. The van der Waals surface area contributed by atoms with E-state index in [-0.39, 0.29) is 32.8 Å². The molecule has 0 fully saturated rings. The second kappa shape index (κ2) is 15.4. The summed E-state index contributed by atoms with van der Waals surface area (Å²) in [5, 5.41) is 37.0. The summed E-state index contributed by atoms with van der Waals surface area (Å²) in [5.41, 5.74) is -2.54. The van der Waals surface area contributed by atoms with Crippen molar-refractivity contribution in [3.8, 4) is 0 Å². The number of benzene rings is 3. The second-order valence-electron chi connectivity index (χ2n) is 7.04. The average Bonchev–Trinajstić information content (AvgIpc) is 2.84. The highest BCUT2D eigenvalue weighted by Gasteiger charge is 2.22. The van der Waals surface area contributed by atoms with E-state index in [4.69, 9.17) is 45.0 Å². The predicted molar refractivity (Wildman–Crippen MR) is 137 cm³/mol. The minimum absolute atomic E-state index is 0.0856. The van der Waals surface area contributed by atoms with Gasteiger partial charge in [-0.2, -0.15) is 8.78 Å². The van der Waals surface area contributed by atoms with Gasteiger partial charge in [0.25, 0.3) is 0 Å². The Morgan fingerprint density at radius 1 is 0.756 bits per heavy atom. The number of carboxylic acids is 2. The summed E-state index contributed by atoms with van der Waals surface area (Å²) in [6, 6.07) is 5.80. The van der Waals surface area contributed by atoms with Crippen LogP contribution in [0.25, 0.3) is 0 Å². The Balaban J connectivity index is 0.000000313. The van der Waals surface area contributed by atoms with Crippen LogP contribution in [0.4, 0.5) is 24.5 Å². The van der Waals surface area contributed by atoms with Crippen molar-refractivity contribution in [1.29, 1.82) is 0 Å². The molecule has 18 heteroatoms. The molecule has 0 amide bonds. The molecule has 0 aliphatic carbocycles. The molecule has 218 valence electrons. The number of nitro groups is 2. The topological polar surface area (TPSA) is 187 Å². The van der Waals surface area contributed by atoms with Crippen LogP contribution in [0.15, 0.2) is 42.5 Å². The molecule has 2 N–H and O–H groups in total. The van der Waals surface area contributed by atoms with Gasteiger partial charge < -0.3 is 14.9 Å². The number of aromatic carboxylic acids is 2. The normalized spacial score (nSPS) is 9.83. The molecule has 0 radical (unpaired) electrons. The molecule has 12 nitrogen and oxygen atoms in total. The van der Waals surface area contributed by atoms with Gasteiger partial charge in [0.15, 0.2) is 0 Å². The first kappa shape index (κ1) is 34.6. The molecule has 0 atom stereocenters. The largest absolute Gasteiger partial charge is 0.478 e. The molecule has 0 saturated carbocycles. The van der Waals surface area contributed by atoms with E-state index in [1.165, 1.54) is 0 Å². The Bertz CT molecular complexity index is 1490. The van der Waals surface area contributed by atoms with E-state index in [0.29, 0.717) is 18.2 Å². The fourth-order valence-corrected chi connectivity index (χ4v) is 3.25. The minimum Gasteiger partial charge on any atom is -0.478 e. The lowest BCUT2D eigenvalue weighted by atomic mass is 10.2. The van der Waals surface area contributed by atoms with Gasteiger partial charge in [0, 0.05) is 24.3 Å². The maximum atomic E-state index is 13.1. The zero-order chi connectivity index (χ0) is 31.6. The number of hydrogen-bond acceptors (Lipinski definition) is 8. The van der Waals surface area contributed by atoms with E-state index in [2.05, 4.69) is 4.74 Å². The fraction of sp³-hybridized carbons (Fsp3) is 0.0870. The molecule has 0 spiro atoms. The third-order valence-corrected chi connectivity index (χ3v) is 5.29. The molecular weight excluding hydrogens is 628 g/mol. The highest BCUT2D eigenvalue weighted by molar-refractivity contribution is 6.34. The van der Waals surface area contributed by atoms with E-state index in [1.807, 2.05) is 0 Å². The number of halogens is 6. The maximum Gasteiger partial charge on any atom is 0.339 e. The van der Waals surface area contributed by atoms with Crippen molar-refractivity contribution in [2.24, 2.45) is 0 Å². The van der Waals surface area contributed by atoms with Gasteiger partial charge in [0.1, 0.15) is 5.82 Å². The summed E-state index contributed by atoms with van der Waals surface area (Å²) in [6.45, 7) is 1.67. The minimum atomic E-state index is -1.45. The number of nitro benzene ring substituents is 2. The van der Waals surface area contributed by atoms with Crippen LogP contribution in [0.1, 0.15) is 38.0 Å². The van der Waals surface area contributed by atoms with Crippen LogP contribution in [-0.2, 0) is 4.74 Å². The first-order chi connectivity index (χ1) is 19.0. The summed E-state index contributed by atoms with van der Waals surface area (Å²) in [6.07, 6.45) is 0. The lowest BCUT2D eigenvalue weighted by Gasteiger charge is -2.04. The van der Waals surface area contributed by atoms with Crippen LogP contribution in [0.3, 0.4) is 0 Å². The number of ether oxygens (including phenoxy) is 1. The molecule has 3 rings (SSSR count). The SMILES string of the molecule is CCOC(=O)c1cc([N+](=O)[O-])c(F)cc1Cl.O=C(O)c1cc([N+](=O)[O-])c(F)cc1Cl.O=C(O)c1ccc(F)cc1Cl. The monoisotopic (exact) mass is 640 g/mol. The fourth-order valence-electron chi connectivity index (χ4n) is 2.55. The Kier molecular flexibility index (Phi) is 12.9. The highest BCUT2D eigenvalue weighted by atomic mass is 35.5. The average molecular weight is 642 g/mol. The number of carbonyl (C=O) groups is 3. The molecule has 41 heavy (non-hydrogen) atoms. The standard InChI is InChI=1S/C9H7ClFNO4.C7H3ClFNO4.C7H4ClFO2/c1-2-16-9(13)5-3-8(12(14)15)7(11)4-6(5)10;8-4-2-5(9)6(10(13)14)1-3(4)7(11)12;8-6-3-4(9)1-2-5(6)7(10)11/h3-4H,2H2,1H3;1-2H,(H,11,12);1-3H,(H,10,11). The molecule has 0 heterocycles. The third-order valence-electron chi connectivity index (χ3n) is 4.35. The number of carboxylic acid groups (broad SMARTS) is 2. The van der Waals surface area contributed by atoms with Gasteiger partial charge in [0.2, 0.25) is 11.6 Å². The third kappa shape index (κ3) is 9.90. The first-order valence-electron chi connectivity index (χ1n) is 10.4. The van der Waals surface area contributed by atoms with E-state index < -0.39 is 62.1 Å². The molecule has 0 aromatic heterocycles. The number of hydrogen-bond donors (Lipinski definition) is 2. The summed E-state index contributed by atoms with van der Waals surface area (Å²) >= 11 is 16.3. The van der Waals surface area contributed by atoms with E-state index in [0.717, 1.165) is 24.3 Å². The van der Waals surface area contributed by atoms with Crippen LogP contribution >= 0.6 is 34.8 Å². The Labute approximate surface area is 241 Å². The smallest absolute Gasteiger partial charge is 0.339 e. The molecular formula is C23H14Cl3F3N2O10. The van der Waals surface area contributed by atoms with Crippen LogP contribution in [0.5, 0.6) is 0 Å². The Hall–Kier alpha value is -4.47. The first-order valence-corrected chi connectivity index (χ1v) is 11.5. The van der Waals surface area contributed by atoms with E-state index in [1.54, 1.807) is 6.92 Å². The van der Waals surface area contributed by atoms with E-state index >= 15 is 0 Å². The van der Waals surface area contributed by atoms with Crippen LogP contribution < -0.4 is 0 Å². The van der Waals surface area contributed by atoms with Crippen molar-refractivity contribution in [2.75, 3.05) is 6.61 Å². The molecule has 3 aromatic carbocycles. The van der Waals surface area contributed by atoms with Crippen molar-refractivity contribution < 1.29 is 52.4 Å².